The van der Waals surface area contributed by atoms with E-state index in [0.717, 1.165) is 17.5 Å². The molecule has 1 aromatic heterocycles. The average Bonchev–Trinajstić information content (AvgIpc) is 2.80. The molecule has 0 aliphatic heterocycles. The van der Waals surface area contributed by atoms with Gasteiger partial charge in [0.15, 0.2) is 0 Å². The summed E-state index contributed by atoms with van der Waals surface area (Å²) in [5.74, 6) is 0.485. The van der Waals surface area contributed by atoms with E-state index < -0.39 is 10.0 Å². The molecule has 0 radical (unpaired) electrons. The number of hydrogen-bond acceptors (Lipinski definition) is 4. The molecule has 110 valence electrons. The van der Waals surface area contributed by atoms with E-state index in [1.54, 1.807) is 24.7 Å². The molecule has 8 heteroatoms. The molecular formula is C12H16ClN3O3S. The summed E-state index contributed by atoms with van der Waals surface area (Å²) >= 11 is 0. The largest absolute Gasteiger partial charge is 0.495 e. The minimum absolute atomic E-state index is 0. The lowest BCUT2D eigenvalue weighted by Crippen LogP contribution is -2.10. The first kappa shape index (κ1) is 16.3. The topological polar surface area (TPSA) is 84.1 Å². The van der Waals surface area contributed by atoms with Crippen LogP contribution in [0.15, 0.2) is 30.7 Å². The number of nitrogens with zero attached hydrogens (tertiary/aromatic N) is 1. The van der Waals surface area contributed by atoms with Gasteiger partial charge in [0.2, 0.25) is 10.0 Å². The lowest BCUT2D eigenvalue weighted by Gasteiger charge is -2.11. The Hall–Kier alpha value is -1.73. The number of aromatic nitrogens is 2. The van der Waals surface area contributed by atoms with Gasteiger partial charge in [-0.2, -0.15) is 0 Å². The summed E-state index contributed by atoms with van der Waals surface area (Å²) in [7, 11) is -1.84. The molecule has 2 rings (SSSR count). The molecule has 0 aliphatic rings. The van der Waals surface area contributed by atoms with Crippen molar-refractivity contribution in [1.82, 2.24) is 9.97 Å². The SMILES string of the molecule is COc1ccc(Cc2cnc[nH]2)cc1NS(C)(=O)=O.Cl. The molecule has 1 heterocycles. The van der Waals surface area contributed by atoms with Crippen molar-refractivity contribution >= 4 is 28.1 Å². The first-order chi connectivity index (χ1) is 8.98. The summed E-state index contributed by atoms with van der Waals surface area (Å²) in [6.45, 7) is 0. The lowest BCUT2D eigenvalue weighted by molar-refractivity contribution is 0.416. The zero-order valence-corrected chi connectivity index (χ0v) is 12.7. The van der Waals surface area contributed by atoms with Crippen LogP contribution in [0.2, 0.25) is 0 Å². The maximum Gasteiger partial charge on any atom is 0.229 e. The highest BCUT2D eigenvalue weighted by molar-refractivity contribution is 7.92. The van der Waals surface area contributed by atoms with Crippen LogP contribution < -0.4 is 9.46 Å². The fourth-order valence-electron chi connectivity index (χ4n) is 1.75. The van der Waals surface area contributed by atoms with Crippen LogP contribution >= 0.6 is 12.4 Å². The Labute approximate surface area is 124 Å². The first-order valence-corrected chi connectivity index (χ1v) is 7.49. The summed E-state index contributed by atoms with van der Waals surface area (Å²) in [5.41, 5.74) is 2.34. The number of H-pyrrole nitrogens is 1. The van der Waals surface area contributed by atoms with E-state index >= 15 is 0 Å². The van der Waals surface area contributed by atoms with Gasteiger partial charge in [0, 0.05) is 18.3 Å². The van der Waals surface area contributed by atoms with Crippen molar-refractivity contribution in [2.75, 3.05) is 18.1 Å². The summed E-state index contributed by atoms with van der Waals surface area (Å²) in [6, 6.07) is 5.37. The first-order valence-electron chi connectivity index (χ1n) is 5.60. The number of methoxy groups -OCH3 is 1. The average molecular weight is 318 g/mol. The molecule has 20 heavy (non-hydrogen) atoms. The van der Waals surface area contributed by atoms with Crippen LogP contribution in [0.4, 0.5) is 5.69 Å². The minimum Gasteiger partial charge on any atom is -0.495 e. The van der Waals surface area contributed by atoms with Crippen LogP contribution in [-0.4, -0.2) is 31.8 Å². The number of imidazole rings is 1. The zero-order chi connectivity index (χ0) is 13.9. The number of sulfonamides is 1. The molecule has 0 aliphatic carbocycles. The third-order valence-corrected chi connectivity index (χ3v) is 3.10. The summed E-state index contributed by atoms with van der Waals surface area (Å²) < 4.78 is 30.2. The predicted molar refractivity (Wildman–Crippen MR) is 80.1 cm³/mol. The number of aromatic amines is 1. The van der Waals surface area contributed by atoms with Crippen LogP contribution in [0.5, 0.6) is 5.75 Å². The Morgan fingerprint density at radius 2 is 2.15 bits per heavy atom. The van der Waals surface area contributed by atoms with Gasteiger partial charge < -0.3 is 9.72 Å². The highest BCUT2D eigenvalue weighted by Crippen LogP contribution is 2.27. The molecular weight excluding hydrogens is 302 g/mol. The fourth-order valence-corrected chi connectivity index (χ4v) is 2.30. The molecule has 2 N–H and O–H groups in total. The highest BCUT2D eigenvalue weighted by Gasteiger charge is 2.09. The van der Waals surface area contributed by atoms with E-state index in [2.05, 4.69) is 14.7 Å². The Bertz CT molecular complexity index is 657. The number of halogens is 1. The van der Waals surface area contributed by atoms with E-state index in [1.807, 2.05) is 6.07 Å². The maximum absolute atomic E-state index is 11.3. The predicted octanol–water partition coefficient (Wildman–Crippen LogP) is 1.80. The van der Waals surface area contributed by atoms with E-state index in [-0.39, 0.29) is 12.4 Å². The second-order valence-electron chi connectivity index (χ2n) is 4.16. The van der Waals surface area contributed by atoms with Crippen LogP contribution in [0.1, 0.15) is 11.3 Å². The Kier molecular flexibility index (Phi) is 5.41. The van der Waals surface area contributed by atoms with Crippen LogP contribution in [0, 0.1) is 0 Å². The Morgan fingerprint density at radius 3 is 2.70 bits per heavy atom. The number of hydrogen-bond donors (Lipinski definition) is 2. The molecule has 0 amide bonds. The quantitative estimate of drug-likeness (QED) is 0.880. The molecule has 0 bridgehead atoms. The Balaban J connectivity index is 0.00000200. The molecule has 2 aromatic rings. The summed E-state index contributed by atoms with van der Waals surface area (Å²) in [5, 5.41) is 0. The van der Waals surface area contributed by atoms with Crippen molar-refractivity contribution in [1.29, 1.82) is 0 Å². The number of benzene rings is 1. The van der Waals surface area contributed by atoms with Gasteiger partial charge in [-0.25, -0.2) is 13.4 Å². The molecule has 6 nitrogen and oxygen atoms in total. The van der Waals surface area contributed by atoms with Gasteiger partial charge in [-0.1, -0.05) is 6.07 Å². The van der Waals surface area contributed by atoms with Crippen molar-refractivity contribution in [3.05, 3.63) is 42.0 Å². The number of ether oxygens (including phenoxy) is 1. The Morgan fingerprint density at radius 1 is 1.40 bits per heavy atom. The third kappa shape index (κ3) is 4.43. The summed E-state index contributed by atoms with van der Waals surface area (Å²) in [6.07, 6.45) is 5.08. The molecule has 0 unspecified atom stereocenters. The second-order valence-corrected chi connectivity index (χ2v) is 5.91. The van der Waals surface area contributed by atoms with E-state index in [4.69, 9.17) is 4.74 Å². The molecule has 0 fully saturated rings. The van der Waals surface area contributed by atoms with Gasteiger partial charge in [0.25, 0.3) is 0 Å². The molecule has 0 atom stereocenters. The van der Waals surface area contributed by atoms with E-state index in [1.165, 1.54) is 7.11 Å². The smallest absolute Gasteiger partial charge is 0.229 e. The van der Waals surface area contributed by atoms with Crippen LogP contribution in [0.25, 0.3) is 0 Å². The van der Waals surface area contributed by atoms with Gasteiger partial charge in [-0.3, -0.25) is 4.72 Å². The van der Waals surface area contributed by atoms with Gasteiger partial charge in [0.05, 0.1) is 25.4 Å². The lowest BCUT2D eigenvalue weighted by atomic mass is 10.1. The van der Waals surface area contributed by atoms with Gasteiger partial charge in [-0.15, -0.1) is 12.4 Å². The van der Waals surface area contributed by atoms with Crippen molar-refractivity contribution in [3.63, 3.8) is 0 Å². The fraction of sp³-hybridized carbons (Fsp3) is 0.250. The minimum atomic E-state index is -3.34. The van der Waals surface area contributed by atoms with Gasteiger partial charge >= 0.3 is 0 Å². The number of rotatable bonds is 5. The van der Waals surface area contributed by atoms with Crippen LogP contribution in [0.3, 0.4) is 0 Å². The monoisotopic (exact) mass is 317 g/mol. The second kappa shape index (κ2) is 6.62. The molecule has 0 spiro atoms. The molecule has 1 aromatic carbocycles. The third-order valence-electron chi connectivity index (χ3n) is 2.51. The van der Waals surface area contributed by atoms with Crippen LogP contribution in [-0.2, 0) is 16.4 Å². The maximum atomic E-state index is 11.3. The summed E-state index contributed by atoms with van der Waals surface area (Å²) in [4.78, 5) is 6.94. The van der Waals surface area contributed by atoms with Crippen molar-refractivity contribution in [2.24, 2.45) is 0 Å². The number of anilines is 1. The zero-order valence-electron chi connectivity index (χ0n) is 11.1. The normalized spacial score (nSPS) is 10.7. The van der Waals surface area contributed by atoms with Gasteiger partial charge in [-0.05, 0) is 17.7 Å². The van der Waals surface area contributed by atoms with Crippen molar-refractivity contribution in [2.45, 2.75) is 6.42 Å². The molecule has 0 saturated heterocycles. The van der Waals surface area contributed by atoms with E-state index in [0.29, 0.717) is 17.9 Å². The van der Waals surface area contributed by atoms with Crippen molar-refractivity contribution in [3.8, 4) is 5.75 Å². The molecule has 0 saturated carbocycles. The van der Waals surface area contributed by atoms with Crippen molar-refractivity contribution < 1.29 is 13.2 Å². The standard InChI is InChI=1S/C12H15N3O3S.ClH/c1-18-12-4-3-9(5-10-7-13-8-14-10)6-11(12)15-19(2,16)17;/h3-4,6-8,15H,5H2,1-2H3,(H,13,14);1H. The van der Waals surface area contributed by atoms with E-state index in [9.17, 15) is 8.42 Å². The highest BCUT2D eigenvalue weighted by atomic mass is 35.5. The number of nitrogens with one attached hydrogen (secondary N) is 2. The van der Waals surface area contributed by atoms with Gasteiger partial charge in [0.1, 0.15) is 5.75 Å².